The van der Waals surface area contributed by atoms with Crippen LogP contribution >= 0.6 is 0 Å². The summed E-state index contributed by atoms with van der Waals surface area (Å²) in [6, 6.07) is 4.71. The number of aromatic nitrogens is 1. The Balaban J connectivity index is 2.97. The number of nitrogens with one attached hydrogen (secondary N) is 1. The van der Waals surface area contributed by atoms with Crippen molar-refractivity contribution < 1.29 is 0 Å². The van der Waals surface area contributed by atoms with Crippen molar-refractivity contribution in [1.29, 1.82) is 0 Å². The number of hydrogen-bond acceptors (Lipinski definition) is 3. The molecule has 0 aliphatic carbocycles. The Morgan fingerprint density at radius 2 is 1.74 bits per heavy atom. The third-order valence-electron chi connectivity index (χ3n) is 4.40. The topological polar surface area (TPSA) is 28.2 Å². The fraction of sp³-hybridized carbons (Fsp3) is 0.688. The van der Waals surface area contributed by atoms with E-state index in [1.165, 1.54) is 5.56 Å². The summed E-state index contributed by atoms with van der Waals surface area (Å²) in [5.41, 5.74) is 1.56. The van der Waals surface area contributed by atoms with E-state index in [9.17, 15) is 0 Å². The molecule has 0 amide bonds. The molecule has 0 aliphatic rings. The van der Waals surface area contributed by atoms with E-state index in [0.717, 1.165) is 25.8 Å². The molecule has 1 atom stereocenters. The number of likely N-dealkylation sites (N-methyl/N-ethyl adjacent to an activating group) is 2. The van der Waals surface area contributed by atoms with Crippen molar-refractivity contribution in [3.8, 4) is 0 Å². The Morgan fingerprint density at radius 3 is 2.16 bits per heavy atom. The molecule has 0 spiro atoms. The molecular weight excluding hydrogens is 234 g/mol. The highest BCUT2D eigenvalue weighted by Gasteiger charge is 2.37. The second kappa shape index (κ2) is 7.61. The molecule has 1 unspecified atom stereocenters. The van der Waals surface area contributed by atoms with Crippen LogP contribution in [0.3, 0.4) is 0 Å². The molecule has 0 radical (unpaired) electrons. The van der Waals surface area contributed by atoms with E-state index in [4.69, 9.17) is 0 Å². The highest BCUT2D eigenvalue weighted by atomic mass is 15.2. The van der Waals surface area contributed by atoms with Crippen LogP contribution in [0.5, 0.6) is 0 Å². The summed E-state index contributed by atoms with van der Waals surface area (Å²) < 4.78 is 0. The normalized spacial score (nSPS) is 13.8. The molecule has 0 fully saturated rings. The van der Waals surface area contributed by atoms with Crippen LogP contribution in [0.2, 0.25) is 0 Å². The van der Waals surface area contributed by atoms with Gasteiger partial charge in [0.25, 0.3) is 0 Å². The van der Waals surface area contributed by atoms with Crippen LogP contribution in [-0.4, -0.2) is 42.1 Å². The van der Waals surface area contributed by atoms with Crippen molar-refractivity contribution in [2.75, 3.05) is 20.6 Å². The monoisotopic (exact) mass is 263 g/mol. The second-order valence-corrected chi connectivity index (χ2v) is 5.37. The van der Waals surface area contributed by atoms with Crippen LogP contribution in [0.25, 0.3) is 0 Å². The largest absolute Gasteiger partial charge is 0.312 e. The molecule has 0 aromatic carbocycles. The van der Waals surface area contributed by atoms with E-state index in [1.54, 1.807) is 0 Å². The molecule has 1 N–H and O–H groups in total. The van der Waals surface area contributed by atoms with Crippen LogP contribution in [0.1, 0.15) is 39.2 Å². The van der Waals surface area contributed by atoms with Crippen molar-refractivity contribution in [2.24, 2.45) is 0 Å². The van der Waals surface area contributed by atoms with Gasteiger partial charge in [-0.2, -0.15) is 0 Å². The maximum Gasteiger partial charge on any atom is 0.0354 e. The van der Waals surface area contributed by atoms with Crippen molar-refractivity contribution in [1.82, 2.24) is 15.2 Å². The van der Waals surface area contributed by atoms with Gasteiger partial charge < -0.3 is 10.2 Å². The molecule has 1 aromatic heterocycles. The van der Waals surface area contributed by atoms with Gasteiger partial charge in [-0.15, -0.1) is 0 Å². The summed E-state index contributed by atoms with van der Waals surface area (Å²) in [5.74, 6) is 0. The van der Waals surface area contributed by atoms with Crippen LogP contribution in [0.4, 0.5) is 0 Å². The summed E-state index contributed by atoms with van der Waals surface area (Å²) in [6.07, 6.45) is 7.12. The number of rotatable bonds is 8. The van der Waals surface area contributed by atoms with Crippen LogP contribution < -0.4 is 5.32 Å². The van der Waals surface area contributed by atoms with E-state index in [0.29, 0.717) is 6.04 Å². The highest BCUT2D eigenvalue weighted by Crippen LogP contribution is 2.28. The van der Waals surface area contributed by atoms with Gasteiger partial charge in [-0.1, -0.05) is 20.8 Å². The molecule has 19 heavy (non-hydrogen) atoms. The maximum absolute atomic E-state index is 4.11. The van der Waals surface area contributed by atoms with E-state index < -0.39 is 0 Å². The molecule has 0 aliphatic heterocycles. The van der Waals surface area contributed by atoms with Crippen LogP contribution in [-0.2, 0) is 6.42 Å². The van der Waals surface area contributed by atoms with Crippen molar-refractivity contribution >= 4 is 0 Å². The van der Waals surface area contributed by atoms with Gasteiger partial charge in [-0.05, 0) is 57.6 Å². The minimum absolute atomic E-state index is 0.208. The first-order valence-corrected chi connectivity index (χ1v) is 7.40. The zero-order chi connectivity index (χ0) is 14.3. The number of nitrogens with zero attached hydrogens (tertiary/aromatic N) is 2. The van der Waals surface area contributed by atoms with Gasteiger partial charge in [0.05, 0.1) is 0 Å². The van der Waals surface area contributed by atoms with Gasteiger partial charge in [0, 0.05) is 24.0 Å². The quantitative estimate of drug-likeness (QED) is 0.781. The van der Waals surface area contributed by atoms with E-state index in [1.807, 2.05) is 12.4 Å². The molecule has 0 saturated heterocycles. The fourth-order valence-corrected chi connectivity index (χ4v) is 3.14. The molecule has 1 heterocycles. The third kappa shape index (κ3) is 3.77. The van der Waals surface area contributed by atoms with Gasteiger partial charge >= 0.3 is 0 Å². The average Bonchev–Trinajstić information content (AvgIpc) is 2.41. The van der Waals surface area contributed by atoms with Gasteiger partial charge in [0.15, 0.2) is 0 Å². The zero-order valence-electron chi connectivity index (χ0n) is 13.1. The lowest BCUT2D eigenvalue weighted by molar-refractivity contribution is 0.0889. The smallest absolute Gasteiger partial charge is 0.0354 e. The van der Waals surface area contributed by atoms with Gasteiger partial charge in [0.1, 0.15) is 0 Å². The second-order valence-electron chi connectivity index (χ2n) is 5.37. The Labute approximate surface area is 118 Å². The van der Waals surface area contributed by atoms with Crippen molar-refractivity contribution in [2.45, 2.75) is 51.6 Å². The minimum atomic E-state index is 0.208. The lowest BCUT2D eigenvalue weighted by Gasteiger charge is -2.45. The molecule has 3 heteroatoms. The Bertz CT molecular complexity index is 344. The molecular formula is C16H29N3. The first-order valence-electron chi connectivity index (χ1n) is 7.40. The summed E-state index contributed by atoms with van der Waals surface area (Å²) in [7, 11) is 4.40. The Hall–Kier alpha value is -0.930. The van der Waals surface area contributed by atoms with Crippen LogP contribution in [0, 0.1) is 0 Å². The molecule has 1 aromatic rings. The molecule has 0 bridgehead atoms. The van der Waals surface area contributed by atoms with E-state index in [2.05, 4.69) is 62.2 Å². The van der Waals surface area contributed by atoms with Crippen molar-refractivity contribution in [3.05, 3.63) is 30.1 Å². The first kappa shape index (κ1) is 16.1. The lowest BCUT2D eigenvalue weighted by atomic mass is 9.80. The van der Waals surface area contributed by atoms with Gasteiger partial charge in [-0.3, -0.25) is 4.98 Å². The molecule has 108 valence electrons. The molecule has 1 rings (SSSR count). The average molecular weight is 263 g/mol. The predicted octanol–water partition coefficient (Wildman–Crippen LogP) is 2.72. The van der Waals surface area contributed by atoms with E-state index in [-0.39, 0.29) is 5.54 Å². The van der Waals surface area contributed by atoms with Crippen LogP contribution in [0.15, 0.2) is 24.5 Å². The molecule has 0 saturated carbocycles. The Morgan fingerprint density at radius 1 is 1.16 bits per heavy atom. The van der Waals surface area contributed by atoms with Gasteiger partial charge in [-0.25, -0.2) is 0 Å². The predicted molar refractivity (Wildman–Crippen MR) is 82.4 cm³/mol. The van der Waals surface area contributed by atoms with E-state index >= 15 is 0 Å². The summed E-state index contributed by atoms with van der Waals surface area (Å²) in [5, 5.41) is 3.69. The standard InChI is InChI=1S/C16H29N3/c1-6-16(7-2,19(4)5)15(18-8-3)13-14-9-11-17-12-10-14/h9-12,15,18H,6-8,13H2,1-5H3. The minimum Gasteiger partial charge on any atom is -0.312 e. The summed E-state index contributed by atoms with van der Waals surface area (Å²) in [4.78, 5) is 6.50. The fourth-order valence-electron chi connectivity index (χ4n) is 3.14. The lowest BCUT2D eigenvalue weighted by Crippen LogP contribution is -2.59. The summed E-state index contributed by atoms with van der Waals surface area (Å²) >= 11 is 0. The number of hydrogen-bond donors (Lipinski definition) is 1. The summed E-state index contributed by atoms with van der Waals surface area (Å²) in [6.45, 7) is 7.78. The third-order valence-corrected chi connectivity index (χ3v) is 4.40. The Kier molecular flexibility index (Phi) is 6.46. The first-order chi connectivity index (χ1) is 9.10. The highest BCUT2D eigenvalue weighted by molar-refractivity contribution is 5.14. The number of pyridine rings is 1. The zero-order valence-corrected chi connectivity index (χ0v) is 13.1. The van der Waals surface area contributed by atoms with Crippen molar-refractivity contribution in [3.63, 3.8) is 0 Å². The maximum atomic E-state index is 4.11. The van der Waals surface area contributed by atoms with Gasteiger partial charge in [0.2, 0.25) is 0 Å². The molecule has 3 nitrogen and oxygen atoms in total. The SMILES string of the molecule is CCNC(Cc1ccncc1)C(CC)(CC)N(C)C.